The van der Waals surface area contributed by atoms with E-state index in [4.69, 9.17) is 24.6 Å². The van der Waals surface area contributed by atoms with Gasteiger partial charge in [-0.2, -0.15) is 0 Å². The van der Waals surface area contributed by atoms with E-state index in [1.165, 1.54) is 50.1 Å². The predicted molar refractivity (Wildman–Crippen MR) is 173 cm³/mol. The van der Waals surface area contributed by atoms with Gasteiger partial charge in [0.25, 0.3) is 5.76 Å². The van der Waals surface area contributed by atoms with E-state index >= 15 is 0 Å². The maximum Gasteiger partial charge on any atom is 0.395 e. The van der Waals surface area contributed by atoms with Gasteiger partial charge in [-0.15, -0.1) is 5.48 Å². The van der Waals surface area contributed by atoms with Crippen LogP contribution in [0.2, 0.25) is 0 Å². The number of amides is 2. The number of ether oxygens (including phenoxy) is 2. The zero-order valence-corrected chi connectivity index (χ0v) is 29.4. The Bertz CT molecular complexity index is 1440. The Morgan fingerprint density at radius 1 is 1.08 bits per heavy atom. The molecule has 4 unspecified atom stereocenters. The minimum Gasteiger partial charge on any atom is -0.505 e. The molecule has 22 nitrogen and oxygen atoms in total. The first kappa shape index (κ1) is 42.6. The first-order chi connectivity index (χ1) is 24.0. The second-order valence-corrected chi connectivity index (χ2v) is 14.2. The molecule has 1 aliphatic rings. The number of imidazole rings is 1. The number of carboxylic acid groups (broad SMARTS) is 1. The molecule has 286 valence electrons. The van der Waals surface area contributed by atoms with Crippen LogP contribution in [0.25, 0.3) is 0 Å². The van der Waals surface area contributed by atoms with E-state index in [9.17, 15) is 48.7 Å². The molecule has 4 atom stereocenters. The molecule has 0 radical (unpaired) electrons. The molecule has 0 aliphatic carbocycles. The van der Waals surface area contributed by atoms with E-state index in [0.717, 1.165) is 0 Å². The number of aliphatic carboxylic acids is 1. The van der Waals surface area contributed by atoms with Crippen molar-refractivity contribution in [2.45, 2.75) is 62.8 Å². The summed E-state index contributed by atoms with van der Waals surface area (Å²) in [5.74, 6) is -7.62. The van der Waals surface area contributed by atoms with E-state index in [2.05, 4.69) is 26.1 Å². The number of esters is 2. The first-order valence-electron chi connectivity index (χ1n) is 15.6. The summed E-state index contributed by atoms with van der Waals surface area (Å²) in [6.07, 6.45) is -0.649. The number of aromatic amines is 1. The number of hydrogen-bond donors (Lipinski definition) is 8. The van der Waals surface area contributed by atoms with Crippen LogP contribution in [-0.4, -0.2) is 142 Å². The Balaban J connectivity index is 1.81. The highest BCUT2D eigenvalue weighted by molar-refractivity contribution is 7.54. The lowest BCUT2D eigenvalue weighted by atomic mass is 10.1. The van der Waals surface area contributed by atoms with E-state index in [0.29, 0.717) is 25.1 Å². The summed E-state index contributed by atoms with van der Waals surface area (Å²) in [6, 6.07) is -2.44. The number of hydrogen-bond acceptors (Lipinski definition) is 16. The lowest BCUT2D eigenvalue weighted by Crippen LogP contribution is -2.53. The Hall–Kier alpha value is -4.60. The SMILES string of the molecule is CN(C)P(=O)(OC1=C(O)C(C(O)COC(=O)CCC(=O)ONCC(=O)NC(Cc2cnc[nH]2)C(=O)NC(CCCCN)C(=O)O)OC1=O)N(C)C. The molecule has 0 fully saturated rings. The van der Waals surface area contributed by atoms with E-state index in [-0.39, 0.29) is 12.8 Å². The number of carbonyl (C=O) groups excluding carboxylic acids is 5. The molecule has 1 aromatic rings. The molecule has 0 aromatic carbocycles. The van der Waals surface area contributed by atoms with Gasteiger partial charge >= 0.3 is 31.5 Å². The number of unbranched alkanes of at least 4 members (excludes halogenated alkanes) is 1. The van der Waals surface area contributed by atoms with Gasteiger partial charge in [-0.1, -0.05) is 0 Å². The lowest BCUT2D eigenvalue weighted by molar-refractivity contribution is -0.159. The summed E-state index contributed by atoms with van der Waals surface area (Å²) >= 11 is 0. The second-order valence-electron chi connectivity index (χ2n) is 11.4. The standard InChI is InChI=1S/C28H45N8O14P/c1-35(2)51(46,36(3)4)50-25-23(41)24(48-28(25)45)19(37)14-47-21(39)8-9-22(40)49-32-13-20(38)33-18(11-16-12-30-15-31-16)26(42)34-17(27(43)44)7-5-6-10-29/h12,15,17-19,24,32,37,41H,5-11,13-14,29H2,1-4H3,(H,30,31)(H,33,38)(H,34,42)(H,43,44). The predicted octanol–water partition coefficient (Wildman–Crippen LogP) is -2.19. The Morgan fingerprint density at radius 2 is 1.75 bits per heavy atom. The van der Waals surface area contributed by atoms with Crippen molar-refractivity contribution >= 4 is 43.4 Å². The molecular weight excluding hydrogens is 703 g/mol. The van der Waals surface area contributed by atoms with Gasteiger partial charge in [0, 0.05) is 18.3 Å². The van der Waals surface area contributed by atoms with Gasteiger partial charge in [-0.3, -0.25) is 19.2 Å². The highest BCUT2D eigenvalue weighted by atomic mass is 31.2. The van der Waals surface area contributed by atoms with Crippen molar-refractivity contribution in [1.82, 2.24) is 35.4 Å². The number of hydroxylamine groups is 1. The van der Waals surface area contributed by atoms with Crippen molar-refractivity contribution in [3.63, 3.8) is 0 Å². The Kier molecular flexibility index (Phi) is 16.9. The zero-order chi connectivity index (χ0) is 38.3. The fourth-order valence-corrected chi connectivity index (χ4v) is 5.76. The lowest BCUT2D eigenvalue weighted by Gasteiger charge is -2.29. The summed E-state index contributed by atoms with van der Waals surface area (Å²) in [5.41, 5.74) is 8.02. The second kappa shape index (κ2) is 20.3. The van der Waals surface area contributed by atoms with Gasteiger partial charge in [-0.05, 0) is 54.0 Å². The molecule has 0 saturated carbocycles. The van der Waals surface area contributed by atoms with Gasteiger partial charge in [-0.25, -0.2) is 28.5 Å². The fraction of sp³-hybridized carbons (Fsp3) is 0.607. The van der Waals surface area contributed by atoms with Crippen LogP contribution >= 0.6 is 7.67 Å². The number of H-pyrrole nitrogens is 1. The molecule has 1 aliphatic heterocycles. The van der Waals surface area contributed by atoms with E-state index < -0.39 is 105 Å². The maximum atomic E-state index is 13.0. The zero-order valence-electron chi connectivity index (χ0n) is 28.5. The van der Waals surface area contributed by atoms with Crippen molar-refractivity contribution in [2.75, 3.05) is 47.9 Å². The molecule has 9 N–H and O–H groups in total. The Labute approximate surface area is 292 Å². The summed E-state index contributed by atoms with van der Waals surface area (Å²) in [7, 11) is 1.91. The third kappa shape index (κ3) is 13.2. The average Bonchev–Trinajstić information content (AvgIpc) is 3.68. The molecule has 0 spiro atoms. The molecule has 23 heteroatoms. The summed E-state index contributed by atoms with van der Waals surface area (Å²) in [4.78, 5) is 84.9. The average molecular weight is 749 g/mol. The minimum absolute atomic E-state index is 0.0632. The van der Waals surface area contributed by atoms with Crippen LogP contribution in [0, 0.1) is 0 Å². The third-order valence-corrected chi connectivity index (χ3v) is 9.49. The molecule has 0 saturated heterocycles. The smallest absolute Gasteiger partial charge is 0.395 e. The topological polar surface area (TPSA) is 314 Å². The normalized spacial score (nSPS) is 16.3. The maximum absolute atomic E-state index is 13.0. The van der Waals surface area contributed by atoms with Gasteiger partial charge in [0.1, 0.15) is 31.3 Å². The summed E-state index contributed by atoms with van der Waals surface area (Å²) in [6.45, 7) is -1.03. The number of rotatable bonds is 23. The molecule has 51 heavy (non-hydrogen) atoms. The number of nitrogens with zero attached hydrogens (tertiary/aromatic N) is 3. The highest BCUT2D eigenvalue weighted by Crippen LogP contribution is 2.53. The number of nitrogens with one attached hydrogen (secondary N) is 4. The quantitative estimate of drug-likeness (QED) is 0.0194. The molecule has 0 bridgehead atoms. The van der Waals surface area contributed by atoms with E-state index in [1.54, 1.807) is 0 Å². The van der Waals surface area contributed by atoms with Gasteiger partial charge in [0.05, 0.1) is 19.2 Å². The van der Waals surface area contributed by atoms with E-state index in [1.807, 2.05) is 0 Å². The molecule has 2 heterocycles. The molecule has 2 amide bonds. The Morgan fingerprint density at radius 3 is 2.33 bits per heavy atom. The number of aromatic nitrogens is 2. The third-order valence-electron chi connectivity index (χ3n) is 7.05. The number of aliphatic hydroxyl groups is 2. The molecule has 1 aromatic heterocycles. The van der Waals surface area contributed by atoms with Crippen LogP contribution in [0.15, 0.2) is 24.0 Å². The molecule has 2 rings (SSSR count). The van der Waals surface area contributed by atoms with Crippen LogP contribution in [0.1, 0.15) is 37.8 Å². The number of nitrogens with two attached hydrogens (primary N) is 1. The van der Waals surface area contributed by atoms with Crippen molar-refractivity contribution in [1.29, 1.82) is 0 Å². The van der Waals surface area contributed by atoms with Crippen LogP contribution in [-0.2, 0) is 58.6 Å². The van der Waals surface area contributed by atoms with Crippen LogP contribution in [0.5, 0.6) is 0 Å². The van der Waals surface area contributed by atoms with Crippen LogP contribution in [0.3, 0.4) is 0 Å². The summed E-state index contributed by atoms with van der Waals surface area (Å²) in [5, 5.41) is 35.1. The highest BCUT2D eigenvalue weighted by Gasteiger charge is 2.45. The first-order valence-corrected chi connectivity index (χ1v) is 17.1. The number of cyclic esters (lactones) is 1. The monoisotopic (exact) mass is 748 g/mol. The number of aliphatic hydroxyl groups excluding tert-OH is 2. The molecular formula is C28H45N8O14P. The van der Waals surface area contributed by atoms with Crippen LogP contribution in [0.4, 0.5) is 0 Å². The van der Waals surface area contributed by atoms with Crippen LogP contribution < -0.4 is 21.8 Å². The van der Waals surface area contributed by atoms with Gasteiger partial charge < -0.3 is 55.5 Å². The van der Waals surface area contributed by atoms with Gasteiger partial charge in [0.2, 0.25) is 11.8 Å². The number of carboxylic acids is 1. The van der Waals surface area contributed by atoms with Gasteiger partial charge in [0.15, 0.2) is 11.9 Å². The number of carbonyl (C=O) groups is 6. The van der Waals surface area contributed by atoms with Crippen molar-refractivity contribution < 1.29 is 67.5 Å². The van der Waals surface area contributed by atoms with Crippen molar-refractivity contribution in [2.24, 2.45) is 5.73 Å². The summed E-state index contributed by atoms with van der Waals surface area (Å²) < 4.78 is 30.5. The fourth-order valence-electron chi connectivity index (χ4n) is 4.31. The largest absolute Gasteiger partial charge is 0.505 e. The van der Waals surface area contributed by atoms with Crippen molar-refractivity contribution in [3.05, 3.63) is 29.7 Å². The van der Waals surface area contributed by atoms with Crippen molar-refractivity contribution in [3.8, 4) is 0 Å². The minimum atomic E-state index is -3.77.